The van der Waals surface area contributed by atoms with Crippen LogP contribution in [-0.4, -0.2) is 67.3 Å². The van der Waals surface area contributed by atoms with Gasteiger partial charge in [0.05, 0.1) is 17.2 Å². The quantitative estimate of drug-likeness (QED) is 0.332. The van der Waals surface area contributed by atoms with Gasteiger partial charge in [-0.2, -0.15) is 13.2 Å². The minimum absolute atomic E-state index is 0.0824. The van der Waals surface area contributed by atoms with Crippen LogP contribution in [0.2, 0.25) is 0 Å². The number of carbonyl (C=O) groups excluding carboxylic acids is 2. The van der Waals surface area contributed by atoms with Crippen molar-refractivity contribution in [1.29, 1.82) is 0 Å². The van der Waals surface area contributed by atoms with Gasteiger partial charge in [0.1, 0.15) is 16.5 Å². The number of rotatable bonds is 7. The van der Waals surface area contributed by atoms with Crippen molar-refractivity contribution < 1.29 is 40.7 Å². The predicted octanol–water partition coefficient (Wildman–Crippen LogP) is 5.49. The van der Waals surface area contributed by atoms with Crippen molar-refractivity contribution in [3.63, 3.8) is 0 Å². The molecule has 1 atom stereocenters. The number of piperidine rings is 1. The van der Waals surface area contributed by atoms with Crippen molar-refractivity contribution >= 4 is 28.8 Å². The first-order chi connectivity index (χ1) is 20.9. The van der Waals surface area contributed by atoms with Crippen molar-refractivity contribution in [2.45, 2.75) is 31.4 Å². The molecule has 44 heavy (non-hydrogen) atoms. The number of piperazine rings is 1. The highest BCUT2D eigenvalue weighted by atomic mass is 32.1. The molecule has 0 saturated carbocycles. The Morgan fingerprint density at radius 1 is 0.977 bits per heavy atom. The maximum Gasteiger partial charge on any atom is 0.573 e. The van der Waals surface area contributed by atoms with Crippen LogP contribution >= 0.6 is 11.3 Å². The van der Waals surface area contributed by atoms with Gasteiger partial charge in [0, 0.05) is 37.2 Å². The average Bonchev–Trinajstić information content (AvgIpc) is 3.49. The molecule has 1 unspecified atom stereocenters. The number of hydrogen-bond acceptors (Lipinski definition) is 7. The number of carbonyl (C=O) groups is 2. The smallest absolute Gasteiger partial charge is 0.405 e. The molecule has 0 aliphatic carbocycles. The lowest BCUT2D eigenvalue weighted by molar-refractivity contribution is -0.274. The van der Waals surface area contributed by atoms with E-state index in [1.165, 1.54) is 35.6 Å². The van der Waals surface area contributed by atoms with E-state index in [9.17, 15) is 35.9 Å². The van der Waals surface area contributed by atoms with E-state index in [-0.39, 0.29) is 36.2 Å². The lowest BCUT2D eigenvalue weighted by Crippen LogP contribution is -2.49. The van der Waals surface area contributed by atoms with Crippen LogP contribution in [0.25, 0.3) is 0 Å². The Bertz CT molecular complexity index is 1470. The van der Waals surface area contributed by atoms with E-state index >= 15 is 0 Å². The Morgan fingerprint density at radius 3 is 2.36 bits per heavy atom. The number of ether oxygens (including phenoxy) is 1. The first-order valence-corrected chi connectivity index (χ1v) is 14.8. The maximum atomic E-state index is 13.3. The van der Waals surface area contributed by atoms with E-state index in [1.807, 2.05) is 0 Å². The van der Waals surface area contributed by atoms with Gasteiger partial charge in [0.15, 0.2) is 0 Å². The normalized spacial score (nSPS) is 17.3. The monoisotopic (exact) mass is 641 g/mol. The summed E-state index contributed by atoms with van der Waals surface area (Å²) < 4.78 is 82.4. The third kappa shape index (κ3) is 7.62. The molecule has 2 N–H and O–H groups in total. The summed E-state index contributed by atoms with van der Waals surface area (Å²) in [5.41, 5.74) is -0.442. The molecule has 3 aromatic rings. The van der Waals surface area contributed by atoms with E-state index in [0.29, 0.717) is 49.7 Å². The molecule has 15 heteroatoms. The van der Waals surface area contributed by atoms with Crippen LogP contribution in [0.5, 0.6) is 5.75 Å². The first kappa shape index (κ1) is 31.6. The zero-order valence-electron chi connectivity index (χ0n) is 23.3. The van der Waals surface area contributed by atoms with Crippen molar-refractivity contribution in [2.75, 3.05) is 44.2 Å². The fourth-order valence-corrected chi connectivity index (χ4v) is 6.32. The molecule has 2 saturated heterocycles. The number of nitrogens with one attached hydrogen (secondary N) is 2. The van der Waals surface area contributed by atoms with Gasteiger partial charge in [0.25, 0.3) is 11.8 Å². The zero-order chi connectivity index (χ0) is 31.5. The summed E-state index contributed by atoms with van der Waals surface area (Å²) in [6.45, 7) is 2.56. The van der Waals surface area contributed by atoms with Crippen molar-refractivity contribution in [3.05, 3.63) is 75.7 Å². The van der Waals surface area contributed by atoms with Gasteiger partial charge in [-0.15, -0.1) is 24.5 Å². The van der Waals surface area contributed by atoms with Crippen LogP contribution < -0.4 is 20.3 Å². The van der Waals surface area contributed by atoms with Crippen LogP contribution in [0, 0.1) is 5.92 Å². The number of hydrogen-bond donors (Lipinski definition) is 2. The van der Waals surface area contributed by atoms with Crippen LogP contribution in [0.1, 0.15) is 50.3 Å². The van der Waals surface area contributed by atoms with Gasteiger partial charge < -0.3 is 25.2 Å². The minimum Gasteiger partial charge on any atom is -0.405 e. The number of amides is 2. The van der Waals surface area contributed by atoms with Crippen molar-refractivity contribution in [2.24, 2.45) is 5.92 Å². The molecule has 236 valence electrons. The Labute approximate surface area is 253 Å². The molecule has 0 radical (unpaired) electrons. The summed E-state index contributed by atoms with van der Waals surface area (Å²) in [4.78, 5) is 34.5. The average molecular weight is 642 g/mol. The summed E-state index contributed by atoms with van der Waals surface area (Å²) in [6, 6.07) is 9.47. The number of thiazole rings is 1. The number of para-hydroxylation sites is 1. The van der Waals surface area contributed by atoms with Gasteiger partial charge in [-0.3, -0.25) is 9.59 Å². The van der Waals surface area contributed by atoms with E-state index in [0.717, 1.165) is 18.2 Å². The van der Waals surface area contributed by atoms with E-state index in [1.54, 1.807) is 21.2 Å². The van der Waals surface area contributed by atoms with Crippen LogP contribution in [0.15, 0.2) is 53.9 Å². The summed E-state index contributed by atoms with van der Waals surface area (Å²) >= 11 is 1.17. The molecule has 2 fully saturated rings. The molecule has 0 bridgehead atoms. The second kappa shape index (κ2) is 13.0. The number of nitrogens with zero attached hydrogens (tertiary/aromatic N) is 3. The predicted molar refractivity (Wildman–Crippen MR) is 151 cm³/mol. The Morgan fingerprint density at radius 2 is 1.68 bits per heavy atom. The highest BCUT2D eigenvalue weighted by molar-refractivity contribution is 7.09. The van der Waals surface area contributed by atoms with Gasteiger partial charge in [0.2, 0.25) is 0 Å². The Hall–Kier alpha value is -3.85. The van der Waals surface area contributed by atoms with Gasteiger partial charge in [-0.05, 0) is 62.2 Å². The molecule has 2 amide bonds. The van der Waals surface area contributed by atoms with E-state index in [4.69, 9.17) is 0 Å². The highest BCUT2D eigenvalue weighted by Crippen LogP contribution is 2.34. The topological polar surface area (TPSA) is 86.8 Å². The summed E-state index contributed by atoms with van der Waals surface area (Å²) in [7, 11) is 0. The van der Waals surface area contributed by atoms with E-state index in [2.05, 4.69) is 20.4 Å². The maximum absolute atomic E-state index is 13.3. The number of alkyl halides is 6. The van der Waals surface area contributed by atoms with Gasteiger partial charge in [-0.1, -0.05) is 18.2 Å². The molecule has 2 aromatic carbocycles. The lowest BCUT2D eigenvalue weighted by atomic mass is 9.90. The van der Waals surface area contributed by atoms with Crippen LogP contribution in [0.3, 0.4) is 0 Å². The molecule has 5 rings (SSSR count). The fourth-order valence-electron chi connectivity index (χ4n) is 5.38. The third-order valence-corrected chi connectivity index (χ3v) is 8.54. The summed E-state index contributed by atoms with van der Waals surface area (Å²) in [6.07, 6.45) is -8.09. The zero-order valence-corrected chi connectivity index (χ0v) is 24.1. The van der Waals surface area contributed by atoms with Gasteiger partial charge >= 0.3 is 12.5 Å². The van der Waals surface area contributed by atoms with Gasteiger partial charge in [-0.25, -0.2) is 4.98 Å². The standard InChI is InChI=1S/C29H29F6N5O3S/c30-28(31,32)19-4-3-5-20(16-19)39-12-14-40(15-13-39)27(42)22-17-44-26(37-22)24(18-8-10-36-11-9-18)38-25(41)21-6-1-2-7-23(21)43-29(33,34)35/h1-7,16-18,24,36H,8-15H2,(H,38,41). The molecule has 0 spiro atoms. The lowest BCUT2D eigenvalue weighted by Gasteiger charge is -2.36. The van der Waals surface area contributed by atoms with Crippen molar-refractivity contribution in [3.8, 4) is 5.75 Å². The number of benzene rings is 2. The molecule has 2 aliphatic rings. The largest absolute Gasteiger partial charge is 0.573 e. The number of aromatic nitrogens is 1. The molecule has 8 nitrogen and oxygen atoms in total. The number of anilines is 1. The molecular weight excluding hydrogens is 612 g/mol. The Balaban J connectivity index is 1.29. The molecule has 2 aliphatic heterocycles. The van der Waals surface area contributed by atoms with E-state index < -0.39 is 35.8 Å². The fraction of sp³-hybridized carbons (Fsp3) is 0.414. The highest BCUT2D eigenvalue weighted by Gasteiger charge is 2.35. The third-order valence-electron chi connectivity index (χ3n) is 7.61. The molecular formula is C29H29F6N5O3S. The van der Waals surface area contributed by atoms with Crippen molar-refractivity contribution in [1.82, 2.24) is 20.5 Å². The minimum atomic E-state index is -4.98. The van der Waals surface area contributed by atoms with Crippen LogP contribution in [-0.2, 0) is 6.18 Å². The molecule has 1 aromatic heterocycles. The second-order valence-electron chi connectivity index (χ2n) is 10.5. The molecule has 3 heterocycles. The Kier molecular flexibility index (Phi) is 9.34. The summed E-state index contributed by atoms with van der Waals surface area (Å²) in [5, 5.41) is 8.11. The second-order valence-corrected chi connectivity index (χ2v) is 11.4. The SMILES string of the molecule is O=C(NC(c1nc(C(=O)N2CCN(c3cccc(C(F)(F)F)c3)CC2)cs1)C1CCNCC1)c1ccccc1OC(F)(F)F. The number of halogens is 6. The van der Waals surface area contributed by atoms with Crippen LogP contribution in [0.4, 0.5) is 32.0 Å². The first-order valence-electron chi connectivity index (χ1n) is 13.9. The summed E-state index contributed by atoms with van der Waals surface area (Å²) in [5.74, 6) is -1.82.